The molecule has 0 bridgehead atoms. The van der Waals surface area contributed by atoms with Crippen LogP contribution in [-0.4, -0.2) is 83.5 Å². The molecule has 4 rings (SSSR count). The molecule has 1 unspecified atom stereocenters. The maximum atomic E-state index is 12.1. The largest absolute Gasteiger partial charge is 0.473 e. The molecule has 1 aliphatic rings. The van der Waals surface area contributed by atoms with Gasteiger partial charge in [-0.25, -0.2) is 9.97 Å². The van der Waals surface area contributed by atoms with E-state index in [0.717, 1.165) is 16.9 Å². The molecule has 0 radical (unpaired) electrons. The van der Waals surface area contributed by atoms with Gasteiger partial charge in [0.1, 0.15) is 18.8 Å². The first kappa shape index (κ1) is 21.9. The minimum Gasteiger partial charge on any atom is -0.473 e. The Labute approximate surface area is 186 Å². The highest BCUT2D eigenvalue weighted by molar-refractivity contribution is 5.83. The Hall–Kier alpha value is -3.30. The van der Waals surface area contributed by atoms with Gasteiger partial charge < -0.3 is 24.4 Å². The zero-order valence-electron chi connectivity index (χ0n) is 18.4. The first-order chi connectivity index (χ1) is 15.4. The molecule has 32 heavy (non-hydrogen) atoms. The third-order valence-electron chi connectivity index (χ3n) is 5.32. The fraction of sp³-hybridized carbons (Fsp3) is 0.391. The maximum absolute atomic E-state index is 12.1. The van der Waals surface area contributed by atoms with Crippen LogP contribution in [0.15, 0.2) is 42.7 Å². The molecular formula is C23H27N5O4. The maximum Gasteiger partial charge on any atom is 0.251 e. The van der Waals surface area contributed by atoms with Crippen molar-refractivity contribution in [3.8, 4) is 17.1 Å². The van der Waals surface area contributed by atoms with E-state index in [4.69, 9.17) is 14.5 Å². The van der Waals surface area contributed by atoms with Crippen LogP contribution >= 0.6 is 0 Å². The Bertz CT molecular complexity index is 1090. The standard InChI is InChI=1S/C23H27N5O4/c1-15(29)23(30)28-10-11-31-18(13-28)14-32-22-21-20(24-8-9-25-21)12-19(26-22)16-4-6-17(7-5-16)27(2)3/h4-9,12,15,18,29H,10-11,13-14H2,1-3H3/t15?,18-/m0/s1. The van der Waals surface area contributed by atoms with Crippen LogP contribution in [0, 0.1) is 0 Å². The summed E-state index contributed by atoms with van der Waals surface area (Å²) in [6.07, 6.45) is 1.87. The minimum atomic E-state index is -1.04. The average Bonchev–Trinajstić information content (AvgIpc) is 2.82. The van der Waals surface area contributed by atoms with Crippen LogP contribution in [0.1, 0.15) is 6.92 Å². The number of morpholine rings is 1. The van der Waals surface area contributed by atoms with Crippen molar-refractivity contribution < 1.29 is 19.4 Å². The molecule has 1 saturated heterocycles. The molecule has 9 nitrogen and oxygen atoms in total. The summed E-state index contributed by atoms with van der Waals surface area (Å²) in [5.41, 5.74) is 4.01. The van der Waals surface area contributed by atoms with E-state index in [9.17, 15) is 9.90 Å². The number of aromatic nitrogens is 3. The second kappa shape index (κ2) is 9.46. The lowest BCUT2D eigenvalue weighted by Gasteiger charge is -2.33. The van der Waals surface area contributed by atoms with Crippen molar-refractivity contribution in [1.29, 1.82) is 0 Å². The van der Waals surface area contributed by atoms with E-state index in [0.29, 0.717) is 36.6 Å². The minimum absolute atomic E-state index is 0.200. The monoisotopic (exact) mass is 437 g/mol. The smallest absolute Gasteiger partial charge is 0.251 e. The number of benzene rings is 1. The number of ether oxygens (including phenoxy) is 2. The number of amides is 1. The Kier molecular flexibility index (Phi) is 6.48. The van der Waals surface area contributed by atoms with Gasteiger partial charge in [-0.1, -0.05) is 12.1 Å². The second-order valence-corrected chi connectivity index (χ2v) is 7.94. The number of pyridine rings is 1. The first-order valence-corrected chi connectivity index (χ1v) is 10.5. The Balaban J connectivity index is 1.56. The highest BCUT2D eigenvalue weighted by atomic mass is 16.5. The highest BCUT2D eigenvalue weighted by Gasteiger charge is 2.27. The molecule has 1 fully saturated rings. The fourth-order valence-corrected chi connectivity index (χ4v) is 3.58. The van der Waals surface area contributed by atoms with Crippen molar-refractivity contribution in [1.82, 2.24) is 19.9 Å². The summed E-state index contributed by atoms with van der Waals surface area (Å²) in [5, 5.41) is 9.58. The normalized spacial score (nSPS) is 17.2. The number of nitrogens with zero attached hydrogens (tertiary/aromatic N) is 5. The van der Waals surface area contributed by atoms with Crippen molar-refractivity contribution >= 4 is 22.6 Å². The van der Waals surface area contributed by atoms with E-state index in [1.54, 1.807) is 17.3 Å². The number of hydrogen-bond acceptors (Lipinski definition) is 8. The van der Waals surface area contributed by atoms with Gasteiger partial charge in [-0.2, -0.15) is 0 Å². The molecule has 0 saturated carbocycles. The van der Waals surface area contributed by atoms with Crippen LogP contribution < -0.4 is 9.64 Å². The zero-order chi connectivity index (χ0) is 22.7. The number of carbonyl (C=O) groups excluding carboxylic acids is 1. The Morgan fingerprint density at radius 2 is 2.03 bits per heavy atom. The van der Waals surface area contributed by atoms with Crippen LogP contribution in [0.25, 0.3) is 22.3 Å². The van der Waals surface area contributed by atoms with E-state index in [-0.39, 0.29) is 18.6 Å². The third-order valence-corrected chi connectivity index (χ3v) is 5.32. The molecule has 1 N–H and O–H groups in total. The molecule has 2 atom stereocenters. The van der Waals surface area contributed by atoms with Gasteiger partial charge in [0, 0.05) is 44.3 Å². The molecule has 2 aromatic heterocycles. The van der Waals surface area contributed by atoms with Crippen LogP contribution in [0.3, 0.4) is 0 Å². The predicted octanol–water partition coefficient (Wildman–Crippen LogP) is 1.74. The number of anilines is 1. The number of fused-ring (bicyclic) bond motifs is 1. The molecule has 1 aromatic carbocycles. The fourth-order valence-electron chi connectivity index (χ4n) is 3.58. The Morgan fingerprint density at radius 1 is 1.28 bits per heavy atom. The van der Waals surface area contributed by atoms with E-state index >= 15 is 0 Å². The number of aliphatic hydroxyl groups excluding tert-OH is 1. The summed E-state index contributed by atoms with van der Waals surface area (Å²) in [7, 11) is 3.99. The average molecular weight is 438 g/mol. The molecular weight excluding hydrogens is 410 g/mol. The molecule has 1 aliphatic heterocycles. The van der Waals surface area contributed by atoms with Crippen molar-refractivity contribution in [2.45, 2.75) is 19.1 Å². The lowest BCUT2D eigenvalue weighted by molar-refractivity contribution is -0.147. The van der Waals surface area contributed by atoms with Gasteiger partial charge in [0.25, 0.3) is 5.91 Å². The summed E-state index contributed by atoms with van der Waals surface area (Å²) >= 11 is 0. The summed E-state index contributed by atoms with van der Waals surface area (Å²) < 4.78 is 11.8. The molecule has 1 amide bonds. The summed E-state index contributed by atoms with van der Waals surface area (Å²) in [6.45, 7) is 2.85. The van der Waals surface area contributed by atoms with Gasteiger partial charge in [-0.3, -0.25) is 9.78 Å². The van der Waals surface area contributed by atoms with Crippen LogP contribution in [0.2, 0.25) is 0 Å². The lowest BCUT2D eigenvalue weighted by Crippen LogP contribution is -2.50. The molecule has 3 aromatic rings. The molecule has 168 valence electrons. The first-order valence-electron chi connectivity index (χ1n) is 10.5. The quantitative estimate of drug-likeness (QED) is 0.622. The van der Waals surface area contributed by atoms with Crippen LogP contribution in [0.4, 0.5) is 5.69 Å². The second-order valence-electron chi connectivity index (χ2n) is 7.94. The van der Waals surface area contributed by atoms with Crippen LogP contribution in [0.5, 0.6) is 5.88 Å². The number of hydrogen-bond donors (Lipinski definition) is 1. The lowest BCUT2D eigenvalue weighted by atomic mass is 10.1. The summed E-state index contributed by atoms with van der Waals surface area (Å²) in [4.78, 5) is 29.2. The molecule has 9 heteroatoms. The van der Waals surface area contributed by atoms with Crippen molar-refractivity contribution in [2.75, 3.05) is 45.3 Å². The van der Waals surface area contributed by atoms with Gasteiger partial charge >= 0.3 is 0 Å². The van der Waals surface area contributed by atoms with Gasteiger partial charge in [-0.05, 0) is 25.1 Å². The number of aliphatic hydroxyl groups is 1. The predicted molar refractivity (Wildman–Crippen MR) is 121 cm³/mol. The van der Waals surface area contributed by atoms with Gasteiger partial charge in [0.2, 0.25) is 5.88 Å². The van der Waals surface area contributed by atoms with Gasteiger partial charge in [0.05, 0.1) is 24.4 Å². The topological polar surface area (TPSA) is 101 Å². The summed E-state index contributed by atoms with van der Waals surface area (Å²) in [6, 6.07) is 9.96. The van der Waals surface area contributed by atoms with E-state index in [1.807, 2.05) is 49.3 Å². The van der Waals surface area contributed by atoms with Gasteiger partial charge in [-0.15, -0.1) is 0 Å². The SMILES string of the molecule is CC(O)C(=O)N1CCO[C@H](COc2nc(-c3ccc(N(C)C)cc3)cc3nccnc23)C1. The number of carbonyl (C=O) groups is 1. The molecule has 0 spiro atoms. The van der Waals surface area contributed by atoms with Crippen molar-refractivity contribution in [3.05, 3.63) is 42.7 Å². The van der Waals surface area contributed by atoms with E-state index in [1.165, 1.54) is 6.92 Å². The zero-order valence-corrected chi connectivity index (χ0v) is 18.4. The highest BCUT2D eigenvalue weighted by Crippen LogP contribution is 2.28. The van der Waals surface area contributed by atoms with E-state index in [2.05, 4.69) is 9.97 Å². The molecule has 3 heterocycles. The van der Waals surface area contributed by atoms with Crippen LogP contribution in [-0.2, 0) is 9.53 Å². The van der Waals surface area contributed by atoms with Crippen molar-refractivity contribution in [3.63, 3.8) is 0 Å². The van der Waals surface area contributed by atoms with Gasteiger partial charge in [0.15, 0.2) is 5.52 Å². The third kappa shape index (κ3) is 4.79. The summed E-state index contributed by atoms with van der Waals surface area (Å²) in [5.74, 6) is 0.0563. The Morgan fingerprint density at radius 3 is 2.75 bits per heavy atom. The van der Waals surface area contributed by atoms with E-state index < -0.39 is 6.10 Å². The number of rotatable bonds is 6. The molecule has 0 aliphatic carbocycles. The van der Waals surface area contributed by atoms with Crippen molar-refractivity contribution in [2.24, 2.45) is 0 Å².